The molecule has 416 valence electrons. The Morgan fingerprint density at radius 1 is 0.575 bits per heavy atom. The molecule has 25 nitrogen and oxygen atoms in total. The van der Waals surface area contributed by atoms with Gasteiger partial charge in [-0.3, -0.25) is 10.2 Å². The average Bonchev–Trinajstić information content (AvgIpc) is 4.30. The number of ether oxygens (including phenoxy) is 6. The Morgan fingerprint density at radius 3 is 1.39 bits per heavy atom. The van der Waals surface area contributed by atoms with E-state index in [-0.39, 0.29) is 74.8 Å². The number of nitrogens with two attached hydrogens (primary N) is 1. The van der Waals surface area contributed by atoms with Crippen molar-refractivity contribution in [2.45, 2.75) is 26.2 Å². The van der Waals surface area contributed by atoms with Gasteiger partial charge >= 0.3 is 18.1 Å². The van der Waals surface area contributed by atoms with Gasteiger partial charge in [0, 0.05) is 106 Å². The number of pyridine rings is 2. The summed E-state index contributed by atoms with van der Waals surface area (Å²) in [7, 11) is 8.65. The van der Waals surface area contributed by atoms with Crippen molar-refractivity contribution in [3.05, 3.63) is 124 Å². The molecule has 7 aromatic heterocycles. The highest BCUT2D eigenvalue weighted by Gasteiger charge is 2.36. The highest BCUT2D eigenvalue weighted by Crippen LogP contribution is 2.38. The van der Waals surface area contributed by atoms with Crippen LogP contribution in [0.3, 0.4) is 0 Å². The van der Waals surface area contributed by atoms with Gasteiger partial charge in [-0.15, -0.1) is 5.10 Å². The Hall–Kier alpha value is -10.3. The van der Waals surface area contributed by atoms with Crippen LogP contribution in [0, 0.1) is 13.8 Å². The number of aryl methyl sites for hydroxylation is 2. The minimum absolute atomic E-state index is 0.00626. The number of nitrogens with one attached hydrogen (secondary N) is 4. The Labute approximate surface area is 447 Å². The van der Waals surface area contributed by atoms with Crippen LogP contribution in [0.5, 0.6) is 34.8 Å². The van der Waals surface area contributed by atoms with Crippen molar-refractivity contribution in [2.75, 3.05) is 53.3 Å². The van der Waals surface area contributed by atoms with E-state index in [9.17, 15) is 35.9 Å². The second kappa shape index (κ2) is 23.1. The maximum atomic E-state index is 13.5. The molecule has 1 amide bonds. The predicted octanol–water partition coefficient (Wildman–Crippen LogP) is 7.59. The number of hydrogen-bond acceptors (Lipinski definition) is 21. The molecular weight excluding hydrogens is 1070 g/mol. The molecule has 31 heteroatoms. The summed E-state index contributed by atoms with van der Waals surface area (Å²) >= 11 is 0. The van der Waals surface area contributed by atoms with Crippen LogP contribution in [0.25, 0.3) is 45.3 Å². The van der Waals surface area contributed by atoms with E-state index in [1.54, 1.807) is 36.4 Å². The second-order valence-electron chi connectivity index (χ2n) is 16.4. The summed E-state index contributed by atoms with van der Waals surface area (Å²) in [6.45, 7) is 2.91. The van der Waals surface area contributed by atoms with Gasteiger partial charge < -0.3 is 43.5 Å². The fraction of sp³-hybridized carbons (Fsp3) is 0.204. The van der Waals surface area contributed by atoms with Crippen LogP contribution in [-0.4, -0.2) is 108 Å². The third kappa shape index (κ3) is 12.3. The Morgan fingerprint density at radius 2 is 1.01 bits per heavy atom. The molecule has 0 aliphatic heterocycles. The lowest BCUT2D eigenvalue weighted by Crippen LogP contribution is -2.30. The van der Waals surface area contributed by atoms with Gasteiger partial charge in [0.05, 0.1) is 42.7 Å². The SMILES string of the molecule is COc1cc(Nc2ncc(-c3cnc(OC)c(-c4n[nH]c(=O)o4)c3)c(-n3nc(C(F)(F)F)cc3C)n2)cc(OC)c1.COc1cc(Nc2ncc(-c3cnc(OC)c(C(=O)NN)c3)c(-n3nc(C(F)(F)F)cc3C)n2)cc(OC)c1. The van der Waals surface area contributed by atoms with E-state index >= 15 is 0 Å². The zero-order valence-electron chi connectivity index (χ0n) is 43.0. The number of hydrazine groups is 1. The summed E-state index contributed by atoms with van der Waals surface area (Å²) in [5.41, 5.74) is 2.41. The van der Waals surface area contributed by atoms with E-state index in [2.05, 4.69) is 60.9 Å². The number of carbonyl (C=O) groups excluding carboxylic acids is 1. The minimum atomic E-state index is -4.69. The van der Waals surface area contributed by atoms with Crippen LogP contribution < -0.4 is 56.1 Å². The van der Waals surface area contributed by atoms with E-state index < -0.39 is 35.4 Å². The summed E-state index contributed by atoms with van der Waals surface area (Å²) in [4.78, 5) is 49.9. The van der Waals surface area contributed by atoms with Crippen molar-refractivity contribution in [3.8, 4) is 80.1 Å². The highest BCUT2D eigenvalue weighted by atomic mass is 19.4. The molecule has 9 aromatic rings. The molecule has 0 spiro atoms. The first-order valence-corrected chi connectivity index (χ1v) is 22.9. The van der Waals surface area contributed by atoms with Crippen LogP contribution in [0.4, 0.5) is 49.6 Å². The van der Waals surface area contributed by atoms with Crippen molar-refractivity contribution in [3.63, 3.8) is 0 Å². The fourth-order valence-electron chi connectivity index (χ4n) is 7.53. The van der Waals surface area contributed by atoms with E-state index in [1.165, 1.54) is 93.4 Å². The van der Waals surface area contributed by atoms with Gasteiger partial charge in [-0.1, -0.05) is 0 Å². The lowest BCUT2D eigenvalue weighted by atomic mass is 10.1. The second-order valence-corrected chi connectivity index (χ2v) is 16.4. The topological polar surface area (TPSA) is 306 Å². The molecule has 80 heavy (non-hydrogen) atoms. The van der Waals surface area contributed by atoms with E-state index in [0.29, 0.717) is 45.5 Å². The van der Waals surface area contributed by atoms with Gasteiger partial charge in [-0.2, -0.15) is 46.5 Å². The molecule has 0 radical (unpaired) electrons. The number of amides is 1. The molecule has 0 bridgehead atoms. The number of methoxy groups -OCH3 is 6. The van der Waals surface area contributed by atoms with Crippen LogP contribution in [0.2, 0.25) is 0 Å². The van der Waals surface area contributed by atoms with E-state index in [1.807, 2.05) is 5.43 Å². The molecule has 6 N–H and O–H groups in total. The number of aromatic amines is 1. The number of alkyl halides is 6. The number of H-pyrrole nitrogens is 1. The summed E-state index contributed by atoms with van der Waals surface area (Å²) in [5, 5.41) is 19.5. The molecule has 0 aliphatic rings. The molecule has 9 rings (SSSR count). The van der Waals surface area contributed by atoms with Crippen LogP contribution in [-0.2, 0) is 12.4 Å². The lowest BCUT2D eigenvalue weighted by molar-refractivity contribution is -0.142. The van der Waals surface area contributed by atoms with Crippen molar-refractivity contribution in [1.82, 2.24) is 65.1 Å². The first-order chi connectivity index (χ1) is 38.2. The van der Waals surface area contributed by atoms with Crippen molar-refractivity contribution >= 4 is 29.2 Å². The molecule has 2 aromatic carbocycles. The smallest absolute Gasteiger partial charge is 0.435 e. The average molecular weight is 1110 g/mol. The standard InChI is InChI=1S/C25H21F3N8O5.C24H23F3N8O4/c1-12-5-19(25(26,27)28)35-36(12)20-18(13-6-17(21(40-4)29-10-13)22-33-34-24(37)41-22)11-30-23(32-20)31-14-7-15(38-2)9-16(8-14)39-3;1-12-5-19(24(25,26)27)34-35(12)20-18(13-6-17(21(36)33-28)22(39-4)29-10-13)11-30-23(32-20)31-14-7-15(37-2)9-16(8-14)38-3/h5-11H,1-4H3,(H,34,37)(H,30,31,32);5-11H,28H2,1-4H3,(H,33,36)(H,30,31,32). The van der Waals surface area contributed by atoms with Gasteiger partial charge in [0.1, 0.15) is 34.1 Å². The van der Waals surface area contributed by atoms with Gasteiger partial charge in [-0.05, 0) is 38.1 Å². The summed E-state index contributed by atoms with van der Waals surface area (Å²) in [6, 6.07) is 14.7. The maximum absolute atomic E-state index is 13.5. The lowest BCUT2D eigenvalue weighted by Gasteiger charge is -2.15. The number of rotatable bonds is 16. The quantitative estimate of drug-likeness (QED) is 0.0269. The van der Waals surface area contributed by atoms with Gasteiger partial charge in [0.25, 0.3) is 11.8 Å². The Bertz CT molecular complexity index is 3740. The molecule has 0 unspecified atom stereocenters. The molecule has 0 atom stereocenters. The Balaban J connectivity index is 0.000000211. The third-order valence-electron chi connectivity index (χ3n) is 11.3. The van der Waals surface area contributed by atoms with E-state index in [0.717, 1.165) is 21.5 Å². The monoisotopic (exact) mass is 1110 g/mol. The molecular formula is C49H44F6N16O9. The number of nitrogens with zero attached hydrogens (tertiary/aromatic N) is 11. The molecule has 0 saturated carbocycles. The first-order valence-electron chi connectivity index (χ1n) is 22.9. The predicted molar refractivity (Wildman–Crippen MR) is 271 cm³/mol. The van der Waals surface area contributed by atoms with Crippen molar-refractivity contribution in [2.24, 2.45) is 5.84 Å². The van der Waals surface area contributed by atoms with Gasteiger partial charge in [0.15, 0.2) is 23.0 Å². The number of halogens is 6. The van der Waals surface area contributed by atoms with Crippen molar-refractivity contribution < 1.29 is 64.0 Å². The number of hydrogen-bond donors (Lipinski definition) is 5. The molecule has 0 aliphatic carbocycles. The number of benzene rings is 2. The maximum Gasteiger partial charge on any atom is 0.435 e. The van der Waals surface area contributed by atoms with Crippen LogP contribution in [0.15, 0.2) is 94.7 Å². The number of anilines is 4. The fourth-order valence-corrected chi connectivity index (χ4v) is 7.53. The van der Waals surface area contributed by atoms with Gasteiger partial charge in [0.2, 0.25) is 23.7 Å². The van der Waals surface area contributed by atoms with E-state index in [4.69, 9.17) is 38.7 Å². The number of carbonyl (C=O) groups is 1. The first kappa shape index (κ1) is 55.9. The van der Waals surface area contributed by atoms with Crippen LogP contribution >= 0.6 is 0 Å². The summed E-state index contributed by atoms with van der Waals surface area (Å²) in [6.07, 6.45) is -3.85. The third-order valence-corrected chi connectivity index (χ3v) is 11.3. The number of nitrogen functional groups attached to an aromatic ring is 1. The normalized spacial score (nSPS) is 11.3. The van der Waals surface area contributed by atoms with Crippen LogP contribution in [0.1, 0.15) is 33.1 Å². The molecule has 7 heterocycles. The largest absolute Gasteiger partial charge is 0.497 e. The zero-order valence-corrected chi connectivity index (χ0v) is 43.0. The highest BCUT2D eigenvalue weighted by molar-refractivity contribution is 5.97. The molecule has 0 saturated heterocycles. The minimum Gasteiger partial charge on any atom is -0.497 e. The Kier molecular flexibility index (Phi) is 16.1. The van der Waals surface area contributed by atoms with Crippen molar-refractivity contribution in [1.29, 1.82) is 0 Å². The summed E-state index contributed by atoms with van der Waals surface area (Å²) in [5.74, 6) is 5.79. The summed E-state index contributed by atoms with van der Waals surface area (Å²) < 4.78 is 120. The zero-order chi connectivity index (χ0) is 57.6. The number of aromatic nitrogens is 12. The molecule has 0 fully saturated rings. The van der Waals surface area contributed by atoms with Gasteiger partial charge in [-0.25, -0.2) is 45.0 Å².